The Labute approximate surface area is 88.6 Å². The summed E-state index contributed by atoms with van der Waals surface area (Å²) in [5.41, 5.74) is 3.75. The van der Waals surface area contributed by atoms with E-state index in [2.05, 4.69) is 10.4 Å². The van der Waals surface area contributed by atoms with E-state index in [4.69, 9.17) is 0 Å². The van der Waals surface area contributed by atoms with Crippen molar-refractivity contribution in [2.24, 2.45) is 4.99 Å². The molecule has 78 valence electrons. The summed E-state index contributed by atoms with van der Waals surface area (Å²) in [6, 6.07) is 9.48. The van der Waals surface area contributed by atoms with Crippen LogP contribution in [0.5, 0.6) is 0 Å². The molecule has 0 saturated heterocycles. The second kappa shape index (κ2) is 3.73. The number of nitrogens with zero attached hydrogens (tertiary/aromatic N) is 2. The molecule has 1 N–H and O–H groups in total. The van der Waals surface area contributed by atoms with Gasteiger partial charge in [0.05, 0.1) is 0 Å². The van der Waals surface area contributed by atoms with Gasteiger partial charge in [-0.2, -0.15) is 0 Å². The maximum Gasteiger partial charge on any atom is 0.263 e. The van der Waals surface area contributed by atoms with Gasteiger partial charge in [-0.25, -0.2) is 0 Å². The second-order valence-corrected chi connectivity index (χ2v) is 3.53. The molecule has 1 unspecified atom stereocenters. The highest BCUT2D eigenvalue weighted by molar-refractivity contribution is 6.03. The number of hydrogen-bond acceptors (Lipinski definition) is 3. The first-order chi connectivity index (χ1) is 7.18. The summed E-state index contributed by atoms with van der Waals surface area (Å²) in [5.74, 6) is 0.722. The van der Waals surface area contributed by atoms with Gasteiger partial charge < -0.3 is 0 Å². The second-order valence-electron chi connectivity index (χ2n) is 3.53. The number of aliphatic imine (C=N–C) groups is 1. The molecule has 0 radical (unpaired) electrons. The molecule has 1 atom stereocenters. The first kappa shape index (κ1) is 9.71. The van der Waals surface area contributed by atoms with Gasteiger partial charge in [0.15, 0.2) is 0 Å². The van der Waals surface area contributed by atoms with Crippen LogP contribution in [-0.2, 0) is 4.79 Å². The van der Waals surface area contributed by atoms with Crippen LogP contribution in [0, 0.1) is 0 Å². The Hall–Kier alpha value is -1.84. The number of nitrogens with one attached hydrogen (secondary N) is 1. The van der Waals surface area contributed by atoms with Gasteiger partial charge in [0.1, 0.15) is 11.9 Å². The summed E-state index contributed by atoms with van der Waals surface area (Å²) >= 11 is 0. The normalized spacial score (nSPS) is 20.9. The molecule has 0 aromatic heterocycles. The maximum atomic E-state index is 11.3. The van der Waals surface area contributed by atoms with Crippen molar-refractivity contribution in [1.29, 1.82) is 0 Å². The number of carbonyl (C=O) groups is 1. The number of rotatable bonds is 1. The van der Waals surface area contributed by atoms with Crippen molar-refractivity contribution in [3.63, 3.8) is 0 Å². The van der Waals surface area contributed by atoms with Gasteiger partial charge in [-0.1, -0.05) is 30.3 Å². The molecule has 0 aliphatic carbocycles. The third-order valence-electron chi connectivity index (χ3n) is 2.32. The fourth-order valence-corrected chi connectivity index (χ4v) is 1.50. The number of amides is 1. The van der Waals surface area contributed by atoms with Crippen molar-refractivity contribution in [3.05, 3.63) is 35.9 Å². The van der Waals surface area contributed by atoms with Crippen molar-refractivity contribution in [2.45, 2.75) is 13.0 Å². The molecule has 1 aliphatic rings. The molecule has 4 heteroatoms. The van der Waals surface area contributed by atoms with Crippen LogP contribution in [0.25, 0.3) is 0 Å². The largest absolute Gasteiger partial charge is 0.271 e. The molecule has 1 aromatic carbocycles. The van der Waals surface area contributed by atoms with Gasteiger partial charge in [-0.05, 0) is 6.92 Å². The molecular weight excluding hydrogens is 190 g/mol. The van der Waals surface area contributed by atoms with Crippen LogP contribution < -0.4 is 5.43 Å². The Balaban J connectivity index is 2.37. The van der Waals surface area contributed by atoms with Gasteiger partial charge in [-0.3, -0.25) is 20.2 Å². The highest BCUT2D eigenvalue weighted by Crippen LogP contribution is 2.09. The Morgan fingerprint density at radius 3 is 2.67 bits per heavy atom. The van der Waals surface area contributed by atoms with Crippen LogP contribution in [-0.4, -0.2) is 29.8 Å². The summed E-state index contributed by atoms with van der Waals surface area (Å²) in [7, 11) is 1.79. The number of benzene rings is 1. The zero-order valence-corrected chi connectivity index (χ0v) is 8.77. The van der Waals surface area contributed by atoms with Crippen molar-refractivity contribution >= 4 is 11.7 Å². The summed E-state index contributed by atoms with van der Waals surface area (Å²) in [4.78, 5) is 15.7. The smallest absolute Gasteiger partial charge is 0.263 e. The van der Waals surface area contributed by atoms with Crippen LogP contribution >= 0.6 is 0 Å². The Morgan fingerprint density at radius 1 is 1.33 bits per heavy atom. The predicted molar refractivity (Wildman–Crippen MR) is 58.3 cm³/mol. The molecule has 0 bridgehead atoms. The average Bonchev–Trinajstić information content (AvgIpc) is 2.25. The molecule has 2 rings (SSSR count). The molecule has 0 fully saturated rings. The Kier molecular flexibility index (Phi) is 2.41. The topological polar surface area (TPSA) is 44.7 Å². The van der Waals surface area contributed by atoms with Crippen molar-refractivity contribution in [3.8, 4) is 0 Å². The number of carbonyl (C=O) groups excluding carboxylic acids is 1. The van der Waals surface area contributed by atoms with Gasteiger partial charge in [0.2, 0.25) is 0 Å². The highest BCUT2D eigenvalue weighted by Gasteiger charge is 2.23. The van der Waals surface area contributed by atoms with E-state index in [1.807, 2.05) is 30.3 Å². The summed E-state index contributed by atoms with van der Waals surface area (Å²) in [5, 5.41) is 1.65. The van der Waals surface area contributed by atoms with Gasteiger partial charge in [-0.15, -0.1) is 0 Å². The number of hydrogen-bond donors (Lipinski definition) is 1. The van der Waals surface area contributed by atoms with Crippen molar-refractivity contribution < 1.29 is 4.79 Å². The van der Waals surface area contributed by atoms with Gasteiger partial charge >= 0.3 is 0 Å². The molecule has 15 heavy (non-hydrogen) atoms. The maximum absolute atomic E-state index is 11.3. The lowest BCUT2D eigenvalue weighted by Crippen LogP contribution is -2.51. The third kappa shape index (κ3) is 1.83. The van der Waals surface area contributed by atoms with Crippen LogP contribution in [0.3, 0.4) is 0 Å². The standard InChI is InChI=1S/C11H13N3O/c1-8-11(15)13-14(2)10(12-8)9-6-4-3-5-7-9/h3-8H,1-2H3,(H,13,15). The van der Waals surface area contributed by atoms with Gasteiger partial charge in [0.25, 0.3) is 5.91 Å². The lowest BCUT2D eigenvalue weighted by Gasteiger charge is -2.28. The lowest BCUT2D eigenvalue weighted by molar-refractivity contribution is -0.125. The van der Waals surface area contributed by atoms with E-state index in [1.54, 1.807) is 19.0 Å². The van der Waals surface area contributed by atoms with E-state index in [0.717, 1.165) is 11.4 Å². The molecule has 1 aromatic rings. The zero-order chi connectivity index (χ0) is 10.8. The average molecular weight is 203 g/mol. The minimum atomic E-state index is -0.323. The molecule has 0 saturated carbocycles. The van der Waals surface area contributed by atoms with E-state index in [-0.39, 0.29) is 11.9 Å². The Morgan fingerprint density at radius 2 is 2.00 bits per heavy atom. The van der Waals surface area contributed by atoms with E-state index < -0.39 is 0 Å². The molecule has 1 heterocycles. The van der Waals surface area contributed by atoms with Crippen LogP contribution in [0.1, 0.15) is 12.5 Å². The van der Waals surface area contributed by atoms with Gasteiger partial charge in [0, 0.05) is 12.6 Å². The predicted octanol–water partition coefficient (Wildman–Crippen LogP) is 0.798. The molecule has 0 spiro atoms. The van der Waals surface area contributed by atoms with Crippen LogP contribution in [0.4, 0.5) is 0 Å². The van der Waals surface area contributed by atoms with Crippen molar-refractivity contribution in [2.75, 3.05) is 7.05 Å². The lowest BCUT2D eigenvalue weighted by atomic mass is 10.2. The summed E-state index contributed by atoms with van der Waals surface area (Å²) in [6.45, 7) is 1.78. The first-order valence-electron chi connectivity index (χ1n) is 4.86. The van der Waals surface area contributed by atoms with Crippen LogP contribution in [0.2, 0.25) is 0 Å². The number of hydrazine groups is 1. The fraction of sp³-hybridized carbons (Fsp3) is 0.273. The monoisotopic (exact) mass is 203 g/mol. The van der Waals surface area contributed by atoms with E-state index in [0.29, 0.717) is 0 Å². The molecular formula is C11H13N3O. The van der Waals surface area contributed by atoms with Crippen molar-refractivity contribution in [1.82, 2.24) is 10.4 Å². The molecule has 1 aliphatic heterocycles. The highest BCUT2D eigenvalue weighted by atomic mass is 16.2. The van der Waals surface area contributed by atoms with Crippen LogP contribution in [0.15, 0.2) is 35.3 Å². The molecule has 4 nitrogen and oxygen atoms in total. The molecule has 1 amide bonds. The summed E-state index contributed by atoms with van der Waals surface area (Å²) < 4.78 is 0. The van der Waals surface area contributed by atoms with E-state index >= 15 is 0 Å². The summed E-state index contributed by atoms with van der Waals surface area (Å²) in [6.07, 6.45) is 0. The van der Waals surface area contributed by atoms with E-state index in [1.165, 1.54) is 0 Å². The minimum Gasteiger partial charge on any atom is -0.271 e. The fourth-order valence-electron chi connectivity index (χ4n) is 1.50. The SMILES string of the molecule is CC1N=C(c2ccccc2)N(C)NC1=O. The zero-order valence-electron chi connectivity index (χ0n) is 8.77. The minimum absolute atomic E-state index is 0.0721. The third-order valence-corrected chi connectivity index (χ3v) is 2.32. The quantitative estimate of drug-likeness (QED) is 0.733. The van der Waals surface area contributed by atoms with E-state index in [9.17, 15) is 4.79 Å². The first-order valence-corrected chi connectivity index (χ1v) is 4.86. The Bertz CT molecular complexity index is 400. The number of amidine groups is 1.